The van der Waals surface area contributed by atoms with E-state index in [0.717, 1.165) is 15.1 Å². The maximum Gasteiger partial charge on any atom is 0.410 e. The molecule has 2 bridgehead atoms. The number of thiophene rings is 1. The van der Waals surface area contributed by atoms with Crippen molar-refractivity contribution in [3.8, 4) is 0 Å². The standard InChI is InChI=1S/C14H18BrNO3S/c1-14(2,3)19-13(17)16-7-8-6-9(16)12(18-8)10-4-5-11(15)20-10/h4-5,8-9,12H,6-7H2,1-3H3/t8-,9-,12-/m0/s1. The molecule has 4 nitrogen and oxygen atoms in total. The minimum absolute atomic E-state index is 0.0161. The Bertz CT molecular complexity index is 525. The monoisotopic (exact) mass is 359 g/mol. The van der Waals surface area contributed by atoms with E-state index in [4.69, 9.17) is 9.47 Å². The molecule has 2 fully saturated rings. The average molecular weight is 360 g/mol. The zero-order chi connectivity index (χ0) is 14.5. The van der Waals surface area contributed by atoms with Crippen molar-refractivity contribution < 1.29 is 14.3 Å². The van der Waals surface area contributed by atoms with Gasteiger partial charge in [0.2, 0.25) is 0 Å². The molecule has 3 heterocycles. The van der Waals surface area contributed by atoms with E-state index in [-0.39, 0.29) is 24.3 Å². The topological polar surface area (TPSA) is 38.8 Å². The van der Waals surface area contributed by atoms with Crippen molar-refractivity contribution >= 4 is 33.4 Å². The van der Waals surface area contributed by atoms with E-state index in [2.05, 4.69) is 22.0 Å². The van der Waals surface area contributed by atoms with Crippen LogP contribution in [0.25, 0.3) is 0 Å². The summed E-state index contributed by atoms with van der Waals surface area (Å²) in [6, 6.07) is 4.18. The zero-order valence-electron chi connectivity index (χ0n) is 11.8. The molecule has 0 aromatic carbocycles. The van der Waals surface area contributed by atoms with E-state index in [9.17, 15) is 4.79 Å². The third-order valence-corrected chi connectivity index (χ3v) is 5.18. The number of hydrogen-bond donors (Lipinski definition) is 0. The summed E-state index contributed by atoms with van der Waals surface area (Å²) in [5.74, 6) is 0. The molecule has 20 heavy (non-hydrogen) atoms. The van der Waals surface area contributed by atoms with Crippen LogP contribution in [-0.4, -0.2) is 35.3 Å². The highest BCUT2D eigenvalue weighted by Crippen LogP contribution is 2.45. The summed E-state index contributed by atoms with van der Waals surface area (Å²) in [6.07, 6.45) is 0.796. The fourth-order valence-electron chi connectivity index (χ4n) is 2.78. The number of ether oxygens (including phenoxy) is 2. The first kappa shape index (κ1) is 14.4. The number of likely N-dealkylation sites (tertiary alicyclic amines) is 1. The van der Waals surface area contributed by atoms with Crippen LogP contribution in [-0.2, 0) is 9.47 Å². The SMILES string of the molecule is CC(C)(C)OC(=O)N1C[C@@H]2C[C@H]1[C@@H](c1ccc(Br)s1)O2. The molecule has 110 valence electrons. The fraction of sp³-hybridized carbons (Fsp3) is 0.643. The maximum atomic E-state index is 12.3. The molecule has 0 aliphatic carbocycles. The molecule has 2 aliphatic heterocycles. The molecular weight excluding hydrogens is 342 g/mol. The molecule has 1 aromatic rings. The Kier molecular flexibility index (Phi) is 3.59. The lowest BCUT2D eigenvalue weighted by atomic mass is 10.1. The predicted molar refractivity (Wildman–Crippen MR) is 81.0 cm³/mol. The van der Waals surface area contributed by atoms with Crippen LogP contribution in [0.15, 0.2) is 15.9 Å². The van der Waals surface area contributed by atoms with Gasteiger partial charge in [-0.25, -0.2) is 4.79 Å². The lowest BCUT2D eigenvalue weighted by Crippen LogP contribution is -2.45. The second-order valence-corrected chi connectivity index (χ2v) is 8.75. The van der Waals surface area contributed by atoms with Crippen molar-refractivity contribution in [2.24, 2.45) is 0 Å². The summed E-state index contributed by atoms with van der Waals surface area (Å²) in [4.78, 5) is 15.3. The van der Waals surface area contributed by atoms with Crippen molar-refractivity contribution in [3.05, 3.63) is 20.8 Å². The van der Waals surface area contributed by atoms with Crippen LogP contribution in [0.5, 0.6) is 0 Å². The Balaban J connectivity index is 1.75. The highest BCUT2D eigenvalue weighted by molar-refractivity contribution is 9.11. The number of halogens is 1. The smallest absolute Gasteiger partial charge is 0.410 e. The molecule has 1 aromatic heterocycles. The number of carbonyl (C=O) groups is 1. The Morgan fingerprint density at radius 1 is 1.50 bits per heavy atom. The van der Waals surface area contributed by atoms with Gasteiger partial charge >= 0.3 is 6.09 Å². The fourth-order valence-corrected chi connectivity index (χ4v) is 4.30. The summed E-state index contributed by atoms with van der Waals surface area (Å²) >= 11 is 5.14. The molecule has 2 aliphatic rings. The van der Waals surface area contributed by atoms with E-state index in [1.807, 2.05) is 31.7 Å². The summed E-state index contributed by atoms with van der Waals surface area (Å²) in [5.41, 5.74) is -0.457. The minimum atomic E-state index is -0.457. The van der Waals surface area contributed by atoms with Gasteiger partial charge in [-0.1, -0.05) is 0 Å². The summed E-state index contributed by atoms with van der Waals surface area (Å²) in [6.45, 7) is 6.32. The Morgan fingerprint density at radius 3 is 2.80 bits per heavy atom. The zero-order valence-corrected chi connectivity index (χ0v) is 14.2. The third kappa shape index (κ3) is 2.73. The number of nitrogens with zero attached hydrogens (tertiary/aromatic N) is 1. The number of rotatable bonds is 1. The Morgan fingerprint density at radius 2 is 2.25 bits per heavy atom. The van der Waals surface area contributed by atoms with E-state index < -0.39 is 5.60 Å². The van der Waals surface area contributed by atoms with Gasteiger partial charge in [-0.15, -0.1) is 11.3 Å². The predicted octanol–water partition coefficient (Wildman–Crippen LogP) is 3.96. The average Bonchev–Trinajstić information content (AvgIpc) is 2.99. The van der Waals surface area contributed by atoms with Gasteiger partial charge in [0.05, 0.1) is 22.5 Å². The Labute approximate surface area is 131 Å². The van der Waals surface area contributed by atoms with Gasteiger partial charge in [-0.3, -0.25) is 4.90 Å². The third-order valence-electron chi connectivity index (χ3n) is 3.50. The first-order chi connectivity index (χ1) is 9.33. The van der Waals surface area contributed by atoms with Gasteiger partial charge in [0, 0.05) is 4.88 Å². The van der Waals surface area contributed by atoms with Crippen LogP contribution < -0.4 is 0 Å². The first-order valence-corrected chi connectivity index (χ1v) is 8.35. The van der Waals surface area contributed by atoms with Crippen molar-refractivity contribution in [1.82, 2.24) is 4.90 Å². The molecule has 1 amide bonds. The molecule has 0 radical (unpaired) electrons. The molecule has 0 N–H and O–H groups in total. The summed E-state index contributed by atoms with van der Waals surface area (Å²) in [5, 5.41) is 0. The van der Waals surface area contributed by atoms with Crippen LogP contribution in [0.2, 0.25) is 0 Å². The number of carbonyl (C=O) groups excluding carboxylic acids is 1. The maximum absolute atomic E-state index is 12.3. The molecule has 0 saturated carbocycles. The van der Waals surface area contributed by atoms with E-state index in [1.54, 1.807) is 11.3 Å². The quantitative estimate of drug-likeness (QED) is 0.761. The van der Waals surface area contributed by atoms with Crippen LogP contribution in [0.1, 0.15) is 38.2 Å². The second kappa shape index (κ2) is 5.00. The highest BCUT2D eigenvalue weighted by Gasteiger charge is 2.50. The highest BCUT2D eigenvalue weighted by atomic mass is 79.9. The normalized spacial score (nSPS) is 29.0. The number of hydrogen-bond acceptors (Lipinski definition) is 4. The lowest BCUT2D eigenvalue weighted by Gasteiger charge is -2.34. The van der Waals surface area contributed by atoms with E-state index >= 15 is 0 Å². The number of amides is 1. The van der Waals surface area contributed by atoms with Gasteiger partial charge in [0.25, 0.3) is 0 Å². The van der Waals surface area contributed by atoms with Crippen LogP contribution in [0.3, 0.4) is 0 Å². The molecule has 0 spiro atoms. The lowest BCUT2D eigenvalue weighted by molar-refractivity contribution is -0.0455. The minimum Gasteiger partial charge on any atom is -0.444 e. The van der Waals surface area contributed by atoms with Gasteiger partial charge in [-0.2, -0.15) is 0 Å². The molecule has 3 rings (SSSR count). The van der Waals surface area contributed by atoms with E-state index in [0.29, 0.717) is 6.54 Å². The molecule has 2 saturated heterocycles. The summed E-state index contributed by atoms with van der Waals surface area (Å²) < 4.78 is 12.6. The van der Waals surface area contributed by atoms with Crippen molar-refractivity contribution in [2.75, 3.05) is 6.54 Å². The first-order valence-electron chi connectivity index (χ1n) is 6.74. The number of fused-ring (bicyclic) bond motifs is 2. The van der Waals surface area contributed by atoms with Crippen molar-refractivity contribution in [3.63, 3.8) is 0 Å². The molecule has 3 atom stereocenters. The summed E-state index contributed by atoms with van der Waals surface area (Å²) in [7, 11) is 0. The van der Waals surface area contributed by atoms with Gasteiger partial charge in [0.15, 0.2) is 0 Å². The van der Waals surface area contributed by atoms with Gasteiger partial charge in [0.1, 0.15) is 11.7 Å². The molecular formula is C14H18BrNO3S. The van der Waals surface area contributed by atoms with Gasteiger partial charge in [-0.05, 0) is 55.3 Å². The molecule has 6 heteroatoms. The van der Waals surface area contributed by atoms with Crippen LogP contribution in [0, 0.1) is 0 Å². The molecule has 0 unspecified atom stereocenters. The van der Waals surface area contributed by atoms with Crippen molar-refractivity contribution in [1.29, 1.82) is 0 Å². The largest absolute Gasteiger partial charge is 0.444 e. The van der Waals surface area contributed by atoms with E-state index in [1.165, 1.54) is 0 Å². The van der Waals surface area contributed by atoms with Crippen LogP contribution in [0.4, 0.5) is 4.79 Å². The van der Waals surface area contributed by atoms with Gasteiger partial charge < -0.3 is 9.47 Å². The van der Waals surface area contributed by atoms with Crippen LogP contribution >= 0.6 is 27.3 Å². The number of morpholine rings is 1. The Hall–Kier alpha value is -0.590. The second-order valence-electron chi connectivity index (χ2n) is 6.26. The van der Waals surface area contributed by atoms with Crippen molar-refractivity contribution in [2.45, 2.75) is 51.0 Å².